The van der Waals surface area contributed by atoms with Crippen molar-refractivity contribution in [3.05, 3.63) is 28.7 Å². The summed E-state index contributed by atoms with van der Waals surface area (Å²) in [6.45, 7) is 0. The molecule has 2 amide bonds. The predicted octanol–water partition coefficient (Wildman–Crippen LogP) is 2.59. The number of benzene rings is 1. The zero-order valence-corrected chi connectivity index (χ0v) is 11.4. The highest BCUT2D eigenvalue weighted by Crippen LogP contribution is 2.30. The summed E-state index contributed by atoms with van der Waals surface area (Å²) in [7, 11) is 1.86. The topological polar surface area (TPSA) is 42.3 Å². The first-order valence-electron chi connectivity index (χ1n) is 5.68. The number of anilines is 1. The minimum Gasteiger partial charge on any atom is -0.330 e. The Kier molecular flexibility index (Phi) is 2.52. The summed E-state index contributed by atoms with van der Waals surface area (Å²) in [5.74, 6) is 0.408. The molecule has 1 aliphatic heterocycles. The van der Waals surface area contributed by atoms with Gasteiger partial charge in [-0.15, -0.1) is 0 Å². The van der Waals surface area contributed by atoms with Gasteiger partial charge in [0.25, 0.3) is 0 Å². The van der Waals surface area contributed by atoms with Gasteiger partial charge in [0, 0.05) is 29.7 Å². The minimum atomic E-state index is -0.120. The minimum absolute atomic E-state index is 0.120. The fraction of sp³-hybridized carbons (Fsp3) is 0.231. The number of imide groups is 1. The fourth-order valence-corrected chi connectivity index (χ4v) is 2.68. The zero-order valence-electron chi connectivity index (χ0n) is 9.81. The monoisotopic (exact) mass is 306 g/mol. The van der Waals surface area contributed by atoms with Crippen LogP contribution in [-0.4, -0.2) is 16.4 Å². The van der Waals surface area contributed by atoms with Crippen LogP contribution in [0, 0.1) is 0 Å². The predicted molar refractivity (Wildman–Crippen MR) is 72.3 cm³/mol. The third-order valence-electron chi connectivity index (χ3n) is 3.26. The standard InChI is InChI=1S/C13H11BrN2O2/c1-15-10-7-9(14)3-2-8(10)6-11(15)16-12(17)4-5-13(16)18/h2-3,6-7H,4-5H2,1H3. The van der Waals surface area contributed by atoms with Crippen LogP contribution in [0.3, 0.4) is 0 Å². The second-order valence-electron chi connectivity index (χ2n) is 4.39. The first-order chi connectivity index (χ1) is 8.58. The number of hydrogen-bond donors (Lipinski definition) is 0. The molecule has 0 bridgehead atoms. The van der Waals surface area contributed by atoms with Gasteiger partial charge in [-0.2, -0.15) is 0 Å². The van der Waals surface area contributed by atoms with Crippen LogP contribution in [0.5, 0.6) is 0 Å². The van der Waals surface area contributed by atoms with E-state index in [1.165, 1.54) is 4.90 Å². The van der Waals surface area contributed by atoms with Gasteiger partial charge in [0.1, 0.15) is 5.82 Å². The van der Waals surface area contributed by atoms with E-state index >= 15 is 0 Å². The van der Waals surface area contributed by atoms with Crippen LogP contribution >= 0.6 is 15.9 Å². The summed E-state index contributed by atoms with van der Waals surface area (Å²) < 4.78 is 2.85. The summed E-state index contributed by atoms with van der Waals surface area (Å²) >= 11 is 3.42. The number of carbonyl (C=O) groups excluding carboxylic acids is 2. The van der Waals surface area contributed by atoms with E-state index in [4.69, 9.17) is 0 Å². The first kappa shape index (κ1) is 11.5. The molecule has 1 aromatic heterocycles. The van der Waals surface area contributed by atoms with E-state index < -0.39 is 0 Å². The molecule has 1 aromatic carbocycles. The normalized spacial score (nSPS) is 16.0. The second kappa shape index (κ2) is 3.95. The van der Waals surface area contributed by atoms with E-state index in [0.717, 1.165) is 15.4 Å². The van der Waals surface area contributed by atoms with Gasteiger partial charge < -0.3 is 4.57 Å². The van der Waals surface area contributed by atoms with Gasteiger partial charge in [0.05, 0.1) is 5.52 Å². The van der Waals surface area contributed by atoms with Crippen LogP contribution in [0.4, 0.5) is 5.82 Å². The summed E-state index contributed by atoms with van der Waals surface area (Å²) in [4.78, 5) is 24.8. The number of aryl methyl sites for hydroxylation is 1. The summed E-state index contributed by atoms with van der Waals surface area (Å²) in [5, 5.41) is 1.02. The average molecular weight is 307 g/mol. The van der Waals surface area contributed by atoms with Gasteiger partial charge in [-0.1, -0.05) is 22.0 Å². The largest absolute Gasteiger partial charge is 0.330 e. The number of hydrogen-bond acceptors (Lipinski definition) is 2. The van der Waals surface area contributed by atoms with E-state index in [1.54, 1.807) is 0 Å². The Bertz CT molecular complexity index is 659. The van der Waals surface area contributed by atoms with Crippen LogP contribution in [0.1, 0.15) is 12.8 Å². The van der Waals surface area contributed by atoms with Crippen molar-refractivity contribution in [3.63, 3.8) is 0 Å². The maximum atomic E-state index is 11.8. The lowest BCUT2D eigenvalue weighted by Gasteiger charge is -2.14. The van der Waals surface area contributed by atoms with Crippen molar-refractivity contribution in [2.24, 2.45) is 7.05 Å². The molecule has 18 heavy (non-hydrogen) atoms. The SMILES string of the molecule is Cn1c(N2C(=O)CCC2=O)cc2ccc(Br)cc21. The molecule has 5 heteroatoms. The number of fused-ring (bicyclic) bond motifs is 1. The highest BCUT2D eigenvalue weighted by atomic mass is 79.9. The van der Waals surface area contributed by atoms with Crippen molar-refractivity contribution in [1.29, 1.82) is 0 Å². The van der Waals surface area contributed by atoms with Crippen molar-refractivity contribution < 1.29 is 9.59 Å². The smallest absolute Gasteiger partial charge is 0.235 e. The Morgan fingerprint density at radius 2 is 1.78 bits per heavy atom. The summed E-state index contributed by atoms with van der Waals surface area (Å²) in [6.07, 6.45) is 0.619. The molecule has 0 aliphatic carbocycles. The Labute approximate surface area is 112 Å². The number of amides is 2. The molecule has 0 atom stereocenters. The number of nitrogens with zero attached hydrogens (tertiary/aromatic N) is 2. The number of aromatic nitrogens is 1. The Morgan fingerprint density at radius 3 is 2.44 bits per heavy atom. The van der Waals surface area contributed by atoms with Crippen LogP contribution < -0.4 is 4.90 Å². The van der Waals surface area contributed by atoms with Crippen molar-refractivity contribution in [2.75, 3.05) is 4.90 Å². The zero-order chi connectivity index (χ0) is 12.9. The van der Waals surface area contributed by atoms with E-state index in [9.17, 15) is 9.59 Å². The Balaban J connectivity index is 2.21. The van der Waals surface area contributed by atoms with Gasteiger partial charge in [-0.25, -0.2) is 4.90 Å². The molecule has 1 fully saturated rings. The van der Waals surface area contributed by atoms with Crippen LogP contribution in [0.2, 0.25) is 0 Å². The molecule has 0 N–H and O–H groups in total. The van der Waals surface area contributed by atoms with Crippen molar-refractivity contribution >= 4 is 44.5 Å². The number of halogens is 1. The molecule has 2 aromatic rings. The molecule has 1 aliphatic rings. The molecule has 92 valence electrons. The molecular formula is C13H11BrN2O2. The van der Waals surface area contributed by atoms with Gasteiger partial charge >= 0.3 is 0 Å². The van der Waals surface area contributed by atoms with Gasteiger partial charge in [0.15, 0.2) is 0 Å². The third kappa shape index (κ3) is 1.58. The summed E-state index contributed by atoms with van der Waals surface area (Å²) in [6, 6.07) is 7.76. The molecule has 0 radical (unpaired) electrons. The maximum Gasteiger partial charge on any atom is 0.235 e. The highest BCUT2D eigenvalue weighted by molar-refractivity contribution is 9.10. The van der Waals surface area contributed by atoms with Gasteiger partial charge in [-0.3, -0.25) is 9.59 Å². The molecule has 0 saturated carbocycles. The molecule has 1 saturated heterocycles. The van der Waals surface area contributed by atoms with Gasteiger partial charge in [0.2, 0.25) is 11.8 Å². The number of rotatable bonds is 1. The molecule has 3 rings (SSSR count). The second-order valence-corrected chi connectivity index (χ2v) is 5.30. The molecular weight excluding hydrogens is 296 g/mol. The molecule has 2 heterocycles. The van der Waals surface area contributed by atoms with E-state index in [1.807, 2.05) is 35.9 Å². The highest BCUT2D eigenvalue weighted by Gasteiger charge is 2.32. The quantitative estimate of drug-likeness (QED) is 0.760. The van der Waals surface area contributed by atoms with Crippen LogP contribution in [0.15, 0.2) is 28.7 Å². The van der Waals surface area contributed by atoms with Crippen molar-refractivity contribution in [2.45, 2.75) is 12.8 Å². The molecule has 0 unspecified atom stereocenters. The van der Waals surface area contributed by atoms with E-state index in [2.05, 4.69) is 15.9 Å². The Morgan fingerprint density at radius 1 is 1.11 bits per heavy atom. The van der Waals surface area contributed by atoms with Crippen molar-refractivity contribution in [1.82, 2.24) is 4.57 Å². The van der Waals surface area contributed by atoms with Crippen molar-refractivity contribution in [3.8, 4) is 0 Å². The first-order valence-corrected chi connectivity index (χ1v) is 6.48. The van der Waals surface area contributed by atoms with E-state index in [-0.39, 0.29) is 11.8 Å². The third-order valence-corrected chi connectivity index (χ3v) is 3.76. The lowest BCUT2D eigenvalue weighted by atomic mass is 10.2. The molecule has 4 nitrogen and oxygen atoms in total. The van der Waals surface area contributed by atoms with Crippen LogP contribution in [-0.2, 0) is 16.6 Å². The average Bonchev–Trinajstić information content (AvgIpc) is 2.82. The number of carbonyl (C=O) groups is 2. The van der Waals surface area contributed by atoms with Gasteiger partial charge in [-0.05, 0) is 18.2 Å². The lowest BCUT2D eigenvalue weighted by Crippen LogP contribution is -2.30. The summed E-state index contributed by atoms with van der Waals surface area (Å²) in [5.41, 5.74) is 0.992. The van der Waals surface area contributed by atoms with E-state index in [0.29, 0.717) is 18.7 Å². The lowest BCUT2D eigenvalue weighted by molar-refractivity contribution is -0.121. The van der Waals surface area contributed by atoms with Crippen LogP contribution in [0.25, 0.3) is 10.9 Å². The molecule has 0 spiro atoms. The fourth-order valence-electron chi connectivity index (χ4n) is 2.34. The maximum absolute atomic E-state index is 11.8. The Hall–Kier alpha value is -1.62.